The Kier molecular flexibility index (Phi) is 8.12. The Labute approximate surface area is 272 Å². The smallest absolute Gasteiger partial charge is 0.299 e. The van der Waals surface area contributed by atoms with Gasteiger partial charge in [0.05, 0.1) is 16.8 Å². The van der Waals surface area contributed by atoms with Crippen molar-refractivity contribution in [2.24, 2.45) is 21.8 Å². The third-order valence-electron chi connectivity index (χ3n) is 10.7. The lowest BCUT2D eigenvalue weighted by molar-refractivity contribution is -0.980. The second-order valence-electron chi connectivity index (χ2n) is 13.2. The molecule has 4 atom stereocenters. The van der Waals surface area contributed by atoms with Gasteiger partial charge in [0.2, 0.25) is 0 Å². The first-order valence-electron chi connectivity index (χ1n) is 15.0. The van der Waals surface area contributed by atoms with Crippen LogP contribution >= 0.6 is 34.8 Å². The lowest BCUT2D eigenvalue weighted by Crippen LogP contribution is -2.75. The molecule has 2 bridgehead atoms. The van der Waals surface area contributed by atoms with Gasteiger partial charge in [-0.3, -0.25) is 19.2 Å². The Morgan fingerprint density at radius 2 is 1.70 bits per heavy atom. The third kappa shape index (κ3) is 5.06. The molecule has 2 saturated carbocycles. The number of hydrazone groups is 1. The largest absolute Gasteiger partial charge is 0.322 e. The molecule has 3 fully saturated rings. The summed E-state index contributed by atoms with van der Waals surface area (Å²) in [4.78, 5) is 27.9. The minimum atomic E-state index is -4.80. The van der Waals surface area contributed by atoms with Gasteiger partial charge in [-0.25, -0.2) is 4.59 Å². The Morgan fingerprint density at radius 1 is 1.05 bits per heavy atom. The van der Waals surface area contributed by atoms with Crippen LogP contribution in [0.2, 0.25) is 15.1 Å². The number of ketones is 1. The summed E-state index contributed by atoms with van der Waals surface area (Å²) >= 11 is 18.9. The lowest BCUT2D eigenvalue weighted by Gasteiger charge is -2.51. The molecule has 2 heterocycles. The molecule has 236 valence electrons. The van der Waals surface area contributed by atoms with Crippen LogP contribution in [0, 0.1) is 16.7 Å². The number of likely N-dealkylation sites (tertiary alicyclic amines) is 1. The topological polar surface area (TPSA) is 116 Å². The highest BCUT2D eigenvalue weighted by atomic mass is 35.5. The van der Waals surface area contributed by atoms with Gasteiger partial charge in [-0.2, -0.15) is 18.9 Å². The number of rotatable bonds is 7. The third-order valence-corrected chi connectivity index (χ3v) is 12.8. The minimum Gasteiger partial charge on any atom is -0.299 e. The predicted octanol–water partition coefficient (Wildman–Crippen LogP) is 6.60. The number of halogens is 3. The highest BCUT2D eigenvalue weighted by Gasteiger charge is 2.75. The summed E-state index contributed by atoms with van der Waals surface area (Å²) in [6, 6.07) is 11.8. The van der Waals surface area contributed by atoms with E-state index in [4.69, 9.17) is 39.9 Å². The van der Waals surface area contributed by atoms with Crippen molar-refractivity contribution in [3.63, 3.8) is 0 Å². The number of hydrogen-bond acceptors (Lipinski definition) is 6. The van der Waals surface area contributed by atoms with Gasteiger partial charge in [0, 0.05) is 22.9 Å². The fourth-order valence-electron chi connectivity index (χ4n) is 8.45. The van der Waals surface area contributed by atoms with Crippen molar-refractivity contribution in [1.82, 2.24) is 5.43 Å². The Morgan fingerprint density at radius 3 is 2.27 bits per heavy atom. The molecule has 1 amide bonds. The van der Waals surface area contributed by atoms with Crippen molar-refractivity contribution in [1.29, 1.82) is 0 Å². The molecule has 2 aliphatic heterocycles. The summed E-state index contributed by atoms with van der Waals surface area (Å²) in [7, 11) is -4.80. The van der Waals surface area contributed by atoms with Crippen molar-refractivity contribution in [2.75, 3.05) is 18.1 Å². The summed E-state index contributed by atoms with van der Waals surface area (Å²) in [6.07, 6.45) is 3.64. The number of carbonyl (C=O) groups is 2. The summed E-state index contributed by atoms with van der Waals surface area (Å²) in [5.41, 5.74) is 2.63. The van der Waals surface area contributed by atoms with E-state index in [1.54, 1.807) is 35.3 Å². The molecular formula is C31H36Cl3N4O5S+. The van der Waals surface area contributed by atoms with E-state index in [-0.39, 0.29) is 43.3 Å². The highest BCUT2D eigenvalue weighted by Crippen LogP contribution is 2.67. The fourth-order valence-corrected chi connectivity index (χ4v) is 10.9. The average Bonchev–Trinajstić information content (AvgIpc) is 3.54. The van der Waals surface area contributed by atoms with Gasteiger partial charge in [0.25, 0.3) is 5.37 Å². The highest BCUT2D eigenvalue weighted by molar-refractivity contribution is 7.86. The molecule has 2 aliphatic carbocycles. The second-order valence-corrected chi connectivity index (χ2v) is 15.9. The first kappa shape index (κ1) is 31.8. The van der Waals surface area contributed by atoms with Gasteiger partial charge in [-0.1, -0.05) is 60.8 Å². The molecule has 2 aromatic carbocycles. The molecular weight excluding hydrogens is 647 g/mol. The number of quaternary nitrogens is 1. The number of nitrogens with one attached hydrogen (secondary N) is 1. The maximum absolute atomic E-state index is 14.2. The van der Waals surface area contributed by atoms with Crippen LogP contribution in [-0.2, 0) is 19.7 Å². The number of benzene rings is 2. The van der Waals surface area contributed by atoms with Crippen molar-refractivity contribution in [3.8, 4) is 0 Å². The number of carbonyl (C=O) groups excluding carboxylic acids is 2. The standard InChI is InChI=1S/C31H35Cl3N4O5S/c1-30(2)20-12-13-31(30,27(39)16-20)29(44(41,42)43)38(14-4-3-5-15-38)36-28(40)24-18-26(19-6-8-21(32)9-7-19)37(35-24)25-11-10-22(33)17-23(25)34/h6-11,17,20,26,29H,3-5,12-16,18H2,1-2H3,(H-,36,40,41,42,43)/p+1/t20?,26-,29?,31?/m1/s1. The average molecular weight is 683 g/mol. The Balaban J connectivity index is 1.41. The number of amides is 1. The Bertz CT molecular complexity index is 1640. The van der Waals surface area contributed by atoms with Crippen molar-refractivity contribution >= 4 is 68.0 Å². The van der Waals surface area contributed by atoms with Crippen molar-refractivity contribution in [3.05, 3.63) is 63.1 Å². The first-order valence-corrected chi connectivity index (χ1v) is 17.6. The van der Waals surface area contributed by atoms with Crippen LogP contribution < -0.4 is 10.4 Å². The molecule has 0 spiro atoms. The number of hydrogen-bond donors (Lipinski definition) is 2. The molecule has 13 heteroatoms. The van der Waals surface area contributed by atoms with E-state index < -0.39 is 42.9 Å². The number of piperidine rings is 1. The van der Waals surface area contributed by atoms with Crippen LogP contribution in [0.25, 0.3) is 0 Å². The molecule has 1 saturated heterocycles. The van der Waals surface area contributed by atoms with Gasteiger partial charge >= 0.3 is 16.0 Å². The van der Waals surface area contributed by atoms with E-state index in [0.717, 1.165) is 12.0 Å². The minimum absolute atomic E-state index is 0.0248. The monoisotopic (exact) mass is 681 g/mol. The molecule has 2 N–H and O–H groups in total. The molecule has 2 aromatic rings. The first-order chi connectivity index (χ1) is 20.7. The van der Waals surface area contributed by atoms with Crippen LogP contribution in [0.3, 0.4) is 0 Å². The molecule has 0 aromatic heterocycles. The van der Waals surface area contributed by atoms with E-state index in [1.807, 2.05) is 26.0 Å². The van der Waals surface area contributed by atoms with Gasteiger partial charge in [0.1, 0.15) is 30.0 Å². The van der Waals surface area contributed by atoms with Crippen LogP contribution in [0.15, 0.2) is 47.6 Å². The van der Waals surface area contributed by atoms with E-state index in [1.165, 1.54) is 0 Å². The maximum Gasteiger partial charge on any atom is 0.322 e. The molecule has 3 unspecified atom stereocenters. The molecule has 9 nitrogen and oxygen atoms in total. The molecule has 6 rings (SSSR count). The zero-order valence-corrected chi connectivity index (χ0v) is 27.7. The maximum atomic E-state index is 14.2. The van der Waals surface area contributed by atoms with Crippen LogP contribution in [-0.4, -0.2) is 53.4 Å². The molecule has 4 aliphatic rings. The normalized spacial score (nSPS) is 28.2. The zero-order valence-electron chi connectivity index (χ0n) is 24.6. The van der Waals surface area contributed by atoms with Crippen LogP contribution in [0.1, 0.15) is 70.4 Å². The van der Waals surface area contributed by atoms with Gasteiger partial charge in [-0.15, -0.1) is 0 Å². The van der Waals surface area contributed by atoms with Crippen molar-refractivity contribution in [2.45, 2.75) is 70.2 Å². The number of nitrogens with zero attached hydrogens (tertiary/aromatic N) is 3. The number of fused-ring (bicyclic) bond motifs is 2. The summed E-state index contributed by atoms with van der Waals surface area (Å²) in [6.45, 7) is 4.40. The molecule has 44 heavy (non-hydrogen) atoms. The van der Waals surface area contributed by atoms with Crippen LogP contribution in [0.4, 0.5) is 5.69 Å². The van der Waals surface area contributed by atoms with E-state index in [0.29, 0.717) is 46.4 Å². The van der Waals surface area contributed by atoms with E-state index in [9.17, 15) is 22.6 Å². The van der Waals surface area contributed by atoms with Crippen molar-refractivity contribution < 1.29 is 27.2 Å². The second kappa shape index (κ2) is 11.2. The van der Waals surface area contributed by atoms with Crippen LogP contribution in [0.5, 0.6) is 0 Å². The van der Waals surface area contributed by atoms with Gasteiger partial charge in [0.15, 0.2) is 0 Å². The number of Topliss-reactive ketones (excluding diaryl/α,β-unsaturated/α-hetero) is 1. The SMILES string of the molecule is CC1(C)C2CCC1(C([N+]1(NC(=O)C3=NN(c4ccc(Cl)cc4Cl)[C@@H](c4ccc(Cl)cc4)C3)CCCCC1)S(=O)(=O)O)C(=O)C2. The van der Waals surface area contributed by atoms with Gasteiger partial charge in [-0.05, 0) is 79.3 Å². The summed E-state index contributed by atoms with van der Waals surface area (Å²) in [5, 5.41) is 6.23. The van der Waals surface area contributed by atoms with E-state index in [2.05, 4.69) is 5.43 Å². The van der Waals surface area contributed by atoms with Gasteiger partial charge < -0.3 is 0 Å². The fraction of sp³-hybridized carbons (Fsp3) is 0.516. The molecule has 0 radical (unpaired) electrons. The quantitative estimate of drug-likeness (QED) is 0.251. The summed E-state index contributed by atoms with van der Waals surface area (Å²) in [5.74, 6) is -0.679. The zero-order chi connectivity index (χ0) is 31.7. The lowest BCUT2D eigenvalue weighted by atomic mass is 9.68. The Hall–Kier alpha value is -2.21. The summed E-state index contributed by atoms with van der Waals surface area (Å²) < 4.78 is 37.5. The van der Waals surface area contributed by atoms with E-state index >= 15 is 0 Å². The predicted molar refractivity (Wildman–Crippen MR) is 171 cm³/mol. The number of anilines is 1.